The van der Waals surface area contributed by atoms with Crippen LogP contribution >= 0.6 is 0 Å². The van der Waals surface area contributed by atoms with E-state index in [4.69, 9.17) is 47.4 Å². The number of ether oxygens (including phenoxy) is 10. The SMILES string of the molecule is CCCCCCCCCCCCC/C=C/C(C)C(CO[C@@H]1O[C@H](CO)C(O[C@@H]2O[C@H](CO)[C@H](O[C@@H]3O[C@H](CO)[C@H](O)C(O[C@@H]4O[C@H](O)[C@H](O)[C@H](O)[C@H]4O)[C@H]3NC(C)=O)C(OCC(O)[C@@H](O)C3O[C@@](O)(C(C)=O)C[C@@H](O)[C@@H]3NC(C)=O)[C@H]2O)[C@H](O)[C@H]1O)NC(=O)CCCCCCCCCCCCCCCCC. The van der Waals surface area contributed by atoms with Gasteiger partial charge in [0.25, 0.3) is 0 Å². The molecule has 0 saturated carbocycles. The second kappa shape index (κ2) is 49.3. The molecule has 5 aliphatic heterocycles. The van der Waals surface area contributed by atoms with Gasteiger partial charge in [0.15, 0.2) is 37.2 Å². The van der Waals surface area contributed by atoms with E-state index in [9.17, 15) is 95.8 Å². The van der Waals surface area contributed by atoms with Crippen LogP contribution in [0.5, 0.6) is 0 Å². The average Bonchev–Trinajstić information content (AvgIpc) is 0.811. The number of aliphatic hydroxyl groups excluding tert-OH is 14. The first-order valence-electron chi connectivity index (χ1n) is 39.2. The van der Waals surface area contributed by atoms with Gasteiger partial charge in [-0.1, -0.05) is 187 Å². The number of rotatable bonds is 51. The quantitative estimate of drug-likeness (QED) is 0.0294. The zero-order chi connectivity index (χ0) is 78.0. The minimum absolute atomic E-state index is 0.203. The van der Waals surface area contributed by atoms with E-state index in [0.29, 0.717) is 6.42 Å². The zero-order valence-electron chi connectivity index (χ0n) is 63.2. The number of carbonyl (C=O) groups excluding carboxylic acids is 4. The summed E-state index contributed by atoms with van der Waals surface area (Å²) in [6, 6.07) is -4.05. The summed E-state index contributed by atoms with van der Waals surface area (Å²) < 4.78 is 59.6. The van der Waals surface area contributed by atoms with Crippen molar-refractivity contribution in [3.63, 3.8) is 0 Å². The third kappa shape index (κ3) is 29.4. The molecule has 5 saturated heterocycles. The number of nitrogens with one attached hydrogen (secondary N) is 3. The van der Waals surface area contributed by atoms with Crippen molar-refractivity contribution >= 4 is 23.5 Å². The predicted molar refractivity (Wildman–Crippen MR) is 380 cm³/mol. The van der Waals surface area contributed by atoms with Crippen LogP contribution in [0.4, 0.5) is 0 Å². The Bertz CT molecular complexity index is 2480. The van der Waals surface area contributed by atoms with E-state index in [2.05, 4.69) is 35.9 Å². The topological polar surface area (TPSA) is 500 Å². The Kier molecular flexibility index (Phi) is 43.5. The molecule has 5 heterocycles. The number of ketones is 1. The number of amides is 3. The normalized spacial score (nSPS) is 34.8. The Balaban J connectivity index is 1.35. The van der Waals surface area contributed by atoms with Gasteiger partial charge in [-0.15, -0.1) is 0 Å². The van der Waals surface area contributed by atoms with Crippen LogP contribution in [0.15, 0.2) is 12.2 Å². The van der Waals surface area contributed by atoms with Crippen molar-refractivity contribution in [2.75, 3.05) is 33.0 Å². The Morgan fingerprint density at radius 2 is 0.953 bits per heavy atom. The molecule has 3 amide bonds. The molecule has 0 radical (unpaired) electrons. The summed E-state index contributed by atoms with van der Waals surface area (Å²) in [7, 11) is 0. The lowest BCUT2D eigenvalue weighted by molar-refractivity contribution is -0.387. The van der Waals surface area contributed by atoms with Crippen molar-refractivity contribution in [1.82, 2.24) is 16.0 Å². The van der Waals surface area contributed by atoms with Gasteiger partial charge in [0, 0.05) is 33.6 Å². The van der Waals surface area contributed by atoms with Crippen LogP contribution in [0, 0.1) is 5.92 Å². The van der Waals surface area contributed by atoms with E-state index in [1.807, 2.05) is 13.0 Å². The molecule has 32 nitrogen and oxygen atoms in total. The molecule has 18 N–H and O–H groups in total. The van der Waals surface area contributed by atoms with Crippen molar-refractivity contribution < 1.29 is 143 Å². The Labute approximate surface area is 624 Å². The molecule has 0 aromatic rings. The minimum atomic E-state index is -2.74. The van der Waals surface area contributed by atoms with Gasteiger partial charge in [-0.05, 0) is 25.2 Å². The molecule has 0 aromatic carbocycles. The molecule has 0 bridgehead atoms. The molecule has 5 aliphatic rings. The van der Waals surface area contributed by atoms with E-state index in [0.717, 1.165) is 72.1 Å². The minimum Gasteiger partial charge on any atom is -0.394 e. The summed E-state index contributed by atoms with van der Waals surface area (Å²) >= 11 is 0. The molecule has 618 valence electrons. The van der Waals surface area contributed by atoms with Gasteiger partial charge in [0.1, 0.15) is 110 Å². The van der Waals surface area contributed by atoms with E-state index >= 15 is 0 Å². The lowest BCUT2D eigenvalue weighted by Gasteiger charge is -2.50. The lowest BCUT2D eigenvalue weighted by atomic mass is 9.87. The van der Waals surface area contributed by atoms with Crippen molar-refractivity contribution in [2.45, 2.75) is 393 Å². The van der Waals surface area contributed by atoms with Gasteiger partial charge in [0.05, 0.1) is 51.2 Å². The standard InChI is InChI=1S/C74H133N3O29/c1-7-9-11-13-15-17-19-21-22-24-26-28-30-32-34-36-53(86)77-47(43(3)35-33-31-29-27-25-23-20-18-16-14-12-10-8-2)41-98-71-62(93)59(90)64(51(39-79)100-71)102-73-63(94)68(97-42-49(85)56(87)67-54(75-45(5)82)48(84)37-74(96,106-67)44(4)81)65(52(40-80)101-73)103-70-55(76-46(6)83)66(57(88)50(38-78)99-70)104-72-61(92)58(89)60(91)69(95)105-72/h33,35,43,47-52,54-73,78-80,84-85,87-96H,7-32,34,36-42H2,1-6H3,(H,75,82)(H,76,83)(H,77,86)/b35-33+/t43?,47?,48-,49?,50-,51-,52-,54+,55-,56-,57+,58+,59-,60-,61-,62-,63-,64?,65+,66?,67?,68?,69+,70+,71-,72-,73+,74-/m1/s1. The highest BCUT2D eigenvalue weighted by molar-refractivity contribution is 5.83. The maximum atomic E-state index is 13.7. The van der Waals surface area contributed by atoms with Crippen LogP contribution in [0.3, 0.4) is 0 Å². The molecule has 7 unspecified atom stereocenters. The van der Waals surface area contributed by atoms with E-state index in [1.54, 1.807) is 0 Å². The molecule has 0 aromatic heterocycles. The molecule has 5 fully saturated rings. The summed E-state index contributed by atoms with van der Waals surface area (Å²) in [5.74, 6) is -5.90. The number of hydrogen-bond acceptors (Lipinski definition) is 29. The van der Waals surface area contributed by atoms with Crippen LogP contribution in [0.25, 0.3) is 0 Å². The maximum absolute atomic E-state index is 13.7. The van der Waals surface area contributed by atoms with Crippen LogP contribution in [0.2, 0.25) is 0 Å². The van der Waals surface area contributed by atoms with Crippen LogP contribution in [0.1, 0.15) is 228 Å². The fourth-order valence-corrected chi connectivity index (χ4v) is 14.3. The van der Waals surface area contributed by atoms with Gasteiger partial charge in [-0.3, -0.25) is 19.2 Å². The van der Waals surface area contributed by atoms with Gasteiger partial charge >= 0.3 is 0 Å². The highest BCUT2D eigenvalue weighted by atomic mass is 16.8. The Morgan fingerprint density at radius 3 is 1.48 bits per heavy atom. The number of carbonyl (C=O) groups is 4. The Hall–Kier alpha value is -3.18. The van der Waals surface area contributed by atoms with Crippen molar-refractivity contribution in [3.8, 4) is 0 Å². The fraction of sp³-hybridized carbons (Fsp3) is 0.919. The van der Waals surface area contributed by atoms with Crippen molar-refractivity contribution in [1.29, 1.82) is 0 Å². The molecule has 0 spiro atoms. The smallest absolute Gasteiger partial charge is 0.229 e. The molecule has 0 aliphatic carbocycles. The lowest BCUT2D eigenvalue weighted by Crippen LogP contribution is -2.70. The fourth-order valence-electron chi connectivity index (χ4n) is 14.3. The van der Waals surface area contributed by atoms with Crippen LogP contribution in [-0.2, 0) is 66.5 Å². The summed E-state index contributed by atoms with van der Waals surface area (Å²) in [6.07, 6.45) is -10.5. The van der Waals surface area contributed by atoms with Crippen molar-refractivity contribution in [2.24, 2.45) is 5.92 Å². The van der Waals surface area contributed by atoms with Crippen LogP contribution < -0.4 is 16.0 Å². The monoisotopic (exact) mass is 1530 g/mol. The Morgan fingerprint density at radius 1 is 0.491 bits per heavy atom. The summed E-state index contributed by atoms with van der Waals surface area (Å²) in [5, 5.41) is 176. The third-order valence-electron chi connectivity index (χ3n) is 20.8. The molecule has 5 rings (SSSR count). The number of unbranched alkanes of at least 4 members (excludes halogenated alkanes) is 25. The molecule has 106 heavy (non-hydrogen) atoms. The number of aliphatic hydroxyl groups is 15. The first-order valence-corrected chi connectivity index (χ1v) is 39.2. The third-order valence-corrected chi connectivity index (χ3v) is 20.8. The van der Waals surface area contributed by atoms with Gasteiger partial charge in [0.2, 0.25) is 23.5 Å². The van der Waals surface area contributed by atoms with Crippen LogP contribution in [-0.4, -0.2) is 298 Å². The first kappa shape index (κ1) is 93.4. The average molecular weight is 1530 g/mol. The van der Waals surface area contributed by atoms with E-state index in [1.165, 1.54) is 116 Å². The highest BCUT2D eigenvalue weighted by Crippen LogP contribution is 2.37. The summed E-state index contributed by atoms with van der Waals surface area (Å²) in [6.45, 7) is 4.90. The second-order valence-corrected chi connectivity index (χ2v) is 29.6. The van der Waals surface area contributed by atoms with Crippen molar-refractivity contribution in [3.05, 3.63) is 12.2 Å². The zero-order valence-corrected chi connectivity index (χ0v) is 63.2. The van der Waals surface area contributed by atoms with Gasteiger partial charge < -0.3 is 140 Å². The molecular formula is C74H133N3O29. The van der Waals surface area contributed by atoms with Gasteiger partial charge in [-0.25, -0.2) is 0 Å². The van der Waals surface area contributed by atoms with Gasteiger partial charge in [-0.2, -0.15) is 0 Å². The largest absolute Gasteiger partial charge is 0.394 e. The second-order valence-electron chi connectivity index (χ2n) is 29.6. The predicted octanol–water partition coefficient (Wildman–Crippen LogP) is 0.695. The molecular weight excluding hydrogens is 1390 g/mol. The highest BCUT2D eigenvalue weighted by Gasteiger charge is 2.58. The molecule has 32 heteroatoms. The number of allylic oxidation sites excluding steroid dienone is 1. The number of hydrogen-bond donors (Lipinski definition) is 18. The maximum Gasteiger partial charge on any atom is 0.229 e. The van der Waals surface area contributed by atoms with E-state index < -0.39 is 216 Å². The number of Topliss-reactive ketones (excluding diaryl/α,β-unsaturated/α-hetero) is 1. The first-order chi connectivity index (χ1) is 50.7. The van der Waals surface area contributed by atoms with E-state index in [-0.39, 0.29) is 24.9 Å². The summed E-state index contributed by atoms with van der Waals surface area (Å²) in [5.41, 5.74) is 0. The summed E-state index contributed by atoms with van der Waals surface area (Å²) in [4.78, 5) is 51.6. The molecule has 28 atom stereocenters.